The van der Waals surface area contributed by atoms with Crippen LogP contribution >= 0.6 is 11.9 Å². The predicted octanol–water partition coefficient (Wildman–Crippen LogP) is 7.77. The second-order valence-corrected chi connectivity index (χ2v) is 13.2. The third-order valence-electron chi connectivity index (χ3n) is 8.40. The van der Waals surface area contributed by atoms with Crippen molar-refractivity contribution in [2.24, 2.45) is 0 Å². The van der Waals surface area contributed by atoms with Crippen LogP contribution < -0.4 is 14.8 Å². The maximum atomic E-state index is 11.5. The summed E-state index contributed by atoms with van der Waals surface area (Å²) in [6.07, 6.45) is 4.80. The average molecular weight is 673 g/mol. The van der Waals surface area contributed by atoms with Crippen molar-refractivity contribution in [2.75, 3.05) is 11.3 Å². The van der Waals surface area contributed by atoms with Crippen molar-refractivity contribution in [3.05, 3.63) is 125 Å². The zero-order chi connectivity index (χ0) is 33.7. The van der Waals surface area contributed by atoms with E-state index in [0.29, 0.717) is 36.6 Å². The minimum Gasteiger partial charge on any atom is -0.478 e. The Bertz CT molecular complexity index is 2080. The molecule has 3 aromatic carbocycles. The molecule has 10 nitrogen and oxygen atoms in total. The number of anilines is 1. The molecule has 0 radical (unpaired) electrons. The molecule has 248 valence electrons. The fourth-order valence-electron chi connectivity index (χ4n) is 5.75. The number of carboxylic acid groups (broad SMARTS) is 1. The van der Waals surface area contributed by atoms with E-state index in [1.165, 1.54) is 17.5 Å². The van der Waals surface area contributed by atoms with Gasteiger partial charge in [0, 0.05) is 41.1 Å². The summed E-state index contributed by atoms with van der Waals surface area (Å²) in [5.41, 5.74) is 7.47. The Morgan fingerprint density at radius 2 is 1.78 bits per heavy atom. The Labute approximate surface area is 288 Å². The third kappa shape index (κ3) is 8.07. The maximum Gasteiger partial charge on any atom is 0.335 e. The van der Waals surface area contributed by atoms with Gasteiger partial charge in [-0.3, -0.25) is 4.72 Å². The van der Waals surface area contributed by atoms with E-state index in [1.807, 2.05) is 42.5 Å². The largest absolute Gasteiger partial charge is 0.478 e. The van der Waals surface area contributed by atoms with Crippen molar-refractivity contribution in [1.82, 2.24) is 25.3 Å². The molecule has 3 aromatic heterocycles. The van der Waals surface area contributed by atoms with Crippen LogP contribution in [0.5, 0.6) is 5.88 Å². The van der Waals surface area contributed by atoms with E-state index >= 15 is 0 Å². The van der Waals surface area contributed by atoms with E-state index in [4.69, 9.17) is 24.1 Å². The smallest absolute Gasteiger partial charge is 0.335 e. The molecule has 1 aliphatic carbocycles. The molecule has 7 rings (SSSR count). The molecule has 3 N–H and O–H groups in total. The number of furan rings is 1. The number of nitrogens with zero attached hydrogens (tertiary/aromatic N) is 4. The Morgan fingerprint density at radius 3 is 2.55 bits per heavy atom. The average Bonchev–Trinajstić information content (AvgIpc) is 3.87. The molecule has 1 saturated carbocycles. The first-order valence-electron chi connectivity index (χ1n) is 16.3. The highest BCUT2D eigenvalue weighted by Crippen LogP contribution is 2.41. The lowest BCUT2D eigenvalue weighted by atomic mass is 10.00. The van der Waals surface area contributed by atoms with E-state index in [0.717, 1.165) is 63.5 Å². The number of nitrogens with one attached hydrogen (secondary N) is 2. The van der Waals surface area contributed by atoms with E-state index in [2.05, 4.69) is 53.1 Å². The van der Waals surface area contributed by atoms with Crippen molar-refractivity contribution in [1.29, 1.82) is 0 Å². The van der Waals surface area contributed by atoms with Crippen molar-refractivity contribution >= 4 is 35.1 Å². The molecule has 0 saturated heterocycles. The lowest BCUT2D eigenvalue weighted by Crippen LogP contribution is -2.36. The fraction of sp³-hybridized carbons (Fsp3) is 0.237. The van der Waals surface area contributed by atoms with Gasteiger partial charge in [0.05, 0.1) is 23.1 Å². The number of hydrogen-bond acceptors (Lipinski definition) is 10. The first-order chi connectivity index (χ1) is 23.9. The summed E-state index contributed by atoms with van der Waals surface area (Å²) in [5, 5.41) is 13.1. The Kier molecular flexibility index (Phi) is 9.54. The van der Waals surface area contributed by atoms with Gasteiger partial charge in [-0.1, -0.05) is 54.6 Å². The van der Waals surface area contributed by atoms with Crippen LogP contribution in [0.4, 0.5) is 5.95 Å². The highest BCUT2D eigenvalue weighted by Gasteiger charge is 2.28. The molecule has 1 aliphatic rings. The molecule has 0 aliphatic heterocycles. The lowest BCUT2D eigenvalue weighted by molar-refractivity contribution is 0.0696. The van der Waals surface area contributed by atoms with Crippen molar-refractivity contribution < 1.29 is 19.1 Å². The van der Waals surface area contributed by atoms with Crippen LogP contribution in [0.2, 0.25) is 0 Å². The topological polar surface area (TPSA) is 135 Å². The molecular weight excluding hydrogens is 637 g/mol. The second kappa shape index (κ2) is 14.5. The van der Waals surface area contributed by atoms with Gasteiger partial charge in [0.15, 0.2) is 0 Å². The number of aryl methyl sites for hydroxylation is 2. The van der Waals surface area contributed by atoms with Gasteiger partial charge >= 0.3 is 5.97 Å². The van der Waals surface area contributed by atoms with E-state index in [-0.39, 0.29) is 11.6 Å². The minimum absolute atomic E-state index is 0.0746. The summed E-state index contributed by atoms with van der Waals surface area (Å²) < 4.78 is 15.5. The van der Waals surface area contributed by atoms with Crippen LogP contribution in [0.1, 0.15) is 57.3 Å². The van der Waals surface area contributed by atoms with Crippen LogP contribution in [0.15, 0.2) is 100 Å². The summed E-state index contributed by atoms with van der Waals surface area (Å²) in [5.74, 6) is 1.26. The van der Waals surface area contributed by atoms with E-state index in [1.54, 1.807) is 24.4 Å². The standard InChI is InChI=1S/C38H36N6O4S/c1-23-8-6-9-24(2)35(23)31-19-34(43-38(42-31)44-49-30-13-7-12-27(17-30)37(45)46)47-22-28(16-25-10-4-3-5-11-25)39-20-29-21-40-36-32(41-29)18-33(48-36)26-14-15-26/h3-13,17-19,21,26,28,39H,14-16,20,22H2,1-2H3,(H,45,46)(H,42,43,44). The van der Waals surface area contributed by atoms with Gasteiger partial charge in [-0.25, -0.2) is 19.7 Å². The molecule has 11 heteroatoms. The summed E-state index contributed by atoms with van der Waals surface area (Å²) in [7, 11) is 0. The number of carbonyl (C=O) groups is 1. The molecule has 3 heterocycles. The maximum absolute atomic E-state index is 11.5. The Balaban J connectivity index is 1.12. The Hall–Kier alpha value is -5.26. The summed E-state index contributed by atoms with van der Waals surface area (Å²) in [6.45, 7) is 4.95. The molecule has 6 aromatic rings. The van der Waals surface area contributed by atoms with Gasteiger partial charge in [-0.15, -0.1) is 0 Å². The van der Waals surface area contributed by atoms with Crippen LogP contribution in [-0.4, -0.2) is 43.7 Å². The first kappa shape index (κ1) is 32.3. The van der Waals surface area contributed by atoms with Crippen molar-refractivity contribution in [3.8, 4) is 17.1 Å². The number of aromatic carboxylic acids is 1. The quantitative estimate of drug-likeness (QED) is 0.0980. The number of benzene rings is 3. The van der Waals surface area contributed by atoms with E-state index < -0.39 is 5.97 Å². The van der Waals surface area contributed by atoms with E-state index in [9.17, 15) is 9.90 Å². The SMILES string of the molecule is Cc1cccc(C)c1-c1cc(OCC(Cc2ccccc2)NCc2cnc3oc(C4CC4)cc3n2)nc(NSc2cccc(C(=O)O)c2)n1. The van der Waals surface area contributed by atoms with Gasteiger partial charge in [-0.05, 0) is 79.9 Å². The summed E-state index contributed by atoms with van der Waals surface area (Å²) >= 11 is 1.24. The highest BCUT2D eigenvalue weighted by atomic mass is 32.2. The van der Waals surface area contributed by atoms with Crippen LogP contribution in [0.25, 0.3) is 22.5 Å². The molecular formula is C38H36N6O4S. The van der Waals surface area contributed by atoms with Crippen LogP contribution in [0.3, 0.4) is 0 Å². The molecule has 49 heavy (non-hydrogen) atoms. The molecule has 1 atom stereocenters. The number of hydrogen-bond donors (Lipinski definition) is 3. The lowest BCUT2D eigenvalue weighted by Gasteiger charge is -2.20. The highest BCUT2D eigenvalue weighted by molar-refractivity contribution is 8.00. The van der Waals surface area contributed by atoms with Gasteiger partial charge in [0.2, 0.25) is 17.5 Å². The fourth-order valence-corrected chi connectivity index (χ4v) is 6.38. The predicted molar refractivity (Wildman–Crippen MR) is 190 cm³/mol. The summed E-state index contributed by atoms with van der Waals surface area (Å²) in [6, 6.07) is 26.9. The zero-order valence-corrected chi connectivity index (χ0v) is 28.0. The third-order valence-corrected chi connectivity index (χ3v) is 9.17. The van der Waals surface area contributed by atoms with Gasteiger partial charge in [-0.2, -0.15) is 4.98 Å². The number of aromatic nitrogens is 4. The number of rotatable bonds is 14. The van der Waals surface area contributed by atoms with Crippen LogP contribution in [0, 0.1) is 13.8 Å². The first-order valence-corrected chi connectivity index (χ1v) is 17.1. The number of ether oxygens (including phenoxy) is 1. The Morgan fingerprint density at radius 1 is 0.980 bits per heavy atom. The zero-order valence-electron chi connectivity index (χ0n) is 27.2. The number of fused-ring (bicyclic) bond motifs is 1. The molecule has 0 spiro atoms. The molecule has 1 unspecified atom stereocenters. The van der Waals surface area contributed by atoms with Gasteiger partial charge in [0.1, 0.15) is 17.9 Å². The van der Waals surface area contributed by atoms with Crippen molar-refractivity contribution in [2.45, 2.75) is 56.5 Å². The van der Waals surface area contributed by atoms with Crippen molar-refractivity contribution in [3.63, 3.8) is 0 Å². The molecule has 1 fully saturated rings. The van der Waals surface area contributed by atoms with Gasteiger partial charge in [0.25, 0.3) is 0 Å². The normalized spacial score (nSPS) is 13.3. The minimum atomic E-state index is -0.984. The second-order valence-electron chi connectivity index (χ2n) is 12.3. The summed E-state index contributed by atoms with van der Waals surface area (Å²) in [4.78, 5) is 31.1. The van der Waals surface area contributed by atoms with Crippen LogP contribution in [-0.2, 0) is 13.0 Å². The monoisotopic (exact) mass is 672 g/mol. The van der Waals surface area contributed by atoms with Gasteiger partial charge < -0.3 is 19.6 Å². The number of carboxylic acids is 1. The molecule has 0 bridgehead atoms. The molecule has 0 amide bonds.